The highest BCUT2D eigenvalue weighted by Crippen LogP contribution is 2.10. The zero-order valence-corrected chi connectivity index (χ0v) is 4.42. The quantitative estimate of drug-likeness (QED) is 0.403. The topological polar surface area (TPSA) is 61.7 Å². The Labute approximate surface area is 47.0 Å². The Bertz CT molecular complexity index is 67.8. The monoisotopic (exact) mass is 119 g/mol. The maximum absolute atomic E-state index is 8.53. The molecule has 0 radical (unpaired) electrons. The van der Waals surface area contributed by atoms with Crippen molar-refractivity contribution >= 4 is 0 Å². The molecule has 0 amide bonds. The predicted octanol–water partition coefficient (Wildman–Crippen LogP) is -1.76. The Morgan fingerprint density at radius 2 is 2.00 bits per heavy atom. The number of rotatable bonds is 2. The predicted molar refractivity (Wildman–Crippen MR) is 26.0 cm³/mol. The van der Waals surface area contributed by atoms with E-state index in [4.69, 9.17) is 10.2 Å². The molecule has 0 aromatic carbocycles. The summed E-state index contributed by atoms with van der Waals surface area (Å²) in [5.74, 6) is 0. The van der Waals surface area contributed by atoms with E-state index in [0.29, 0.717) is 6.61 Å². The molecule has 3 N–H and O–H groups in total. The van der Waals surface area contributed by atoms with Gasteiger partial charge in [0, 0.05) is 0 Å². The van der Waals surface area contributed by atoms with Crippen LogP contribution < -0.4 is 5.48 Å². The molecular formula is C4H9NO3. The Hall–Kier alpha value is -0.160. The van der Waals surface area contributed by atoms with Crippen LogP contribution in [-0.2, 0) is 4.84 Å². The van der Waals surface area contributed by atoms with E-state index in [9.17, 15) is 0 Å². The van der Waals surface area contributed by atoms with Crippen LogP contribution in [0.15, 0.2) is 0 Å². The standard InChI is InChI=1S/C4H9NO3/c6-1-4(2-7)3-8-5-4/h5-7H,1-3H2. The summed E-state index contributed by atoms with van der Waals surface area (Å²) in [5.41, 5.74) is 1.90. The first-order chi connectivity index (χ1) is 3.83. The van der Waals surface area contributed by atoms with E-state index in [1.807, 2.05) is 0 Å². The highest BCUT2D eigenvalue weighted by molar-refractivity contribution is 4.88. The molecule has 1 heterocycles. The van der Waals surface area contributed by atoms with E-state index in [1.54, 1.807) is 0 Å². The van der Waals surface area contributed by atoms with E-state index < -0.39 is 5.54 Å². The highest BCUT2D eigenvalue weighted by Gasteiger charge is 2.37. The summed E-state index contributed by atoms with van der Waals surface area (Å²) >= 11 is 0. The largest absolute Gasteiger partial charge is 0.394 e. The summed E-state index contributed by atoms with van der Waals surface area (Å²) in [5, 5.41) is 17.1. The van der Waals surface area contributed by atoms with Crippen molar-refractivity contribution in [1.29, 1.82) is 0 Å². The number of hydroxylamine groups is 1. The lowest BCUT2D eigenvalue weighted by Crippen LogP contribution is -2.64. The molecular weight excluding hydrogens is 110 g/mol. The van der Waals surface area contributed by atoms with Crippen molar-refractivity contribution in [3.05, 3.63) is 0 Å². The fourth-order valence-electron chi connectivity index (χ4n) is 0.482. The van der Waals surface area contributed by atoms with Gasteiger partial charge in [0.1, 0.15) is 5.54 Å². The summed E-state index contributed by atoms with van der Waals surface area (Å²) in [6.07, 6.45) is 0. The molecule has 0 aromatic rings. The van der Waals surface area contributed by atoms with E-state index in [-0.39, 0.29) is 13.2 Å². The molecule has 48 valence electrons. The summed E-state index contributed by atoms with van der Waals surface area (Å²) in [7, 11) is 0. The molecule has 1 aliphatic heterocycles. The third kappa shape index (κ3) is 0.714. The Morgan fingerprint density at radius 1 is 1.50 bits per heavy atom. The molecule has 1 saturated heterocycles. The van der Waals surface area contributed by atoms with Gasteiger partial charge in [-0.25, -0.2) is 0 Å². The van der Waals surface area contributed by atoms with Crippen molar-refractivity contribution in [3.8, 4) is 0 Å². The highest BCUT2D eigenvalue weighted by atomic mass is 16.7. The first kappa shape index (κ1) is 5.97. The lowest BCUT2D eigenvalue weighted by Gasteiger charge is -2.38. The Morgan fingerprint density at radius 3 is 2.00 bits per heavy atom. The van der Waals surface area contributed by atoms with Crippen molar-refractivity contribution in [3.63, 3.8) is 0 Å². The summed E-state index contributed by atoms with van der Waals surface area (Å²) < 4.78 is 0. The van der Waals surface area contributed by atoms with Gasteiger partial charge in [-0.15, -0.1) is 0 Å². The number of aliphatic hydroxyl groups excluding tert-OH is 2. The molecule has 0 aliphatic carbocycles. The number of nitrogens with one attached hydrogen (secondary N) is 1. The molecule has 0 atom stereocenters. The molecule has 8 heavy (non-hydrogen) atoms. The minimum atomic E-state index is -0.556. The van der Waals surface area contributed by atoms with E-state index in [1.165, 1.54) is 0 Å². The maximum Gasteiger partial charge on any atom is 0.114 e. The van der Waals surface area contributed by atoms with Crippen LogP contribution in [0.4, 0.5) is 0 Å². The number of hydrogen-bond donors (Lipinski definition) is 3. The molecule has 0 aromatic heterocycles. The van der Waals surface area contributed by atoms with Crippen LogP contribution in [0.2, 0.25) is 0 Å². The normalized spacial score (nSPS) is 24.8. The van der Waals surface area contributed by atoms with Crippen molar-refractivity contribution in [2.45, 2.75) is 5.54 Å². The van der Waals surface area contributed by atoms with Crippen molar-refractivity contribution < 1.29 is 15.1 Å². The molecule has 4 heteroatoms. The van der Waals surface area contributed by atoms with Crippen LogP contribution in [0.25, 0.3) is 0 Å². The van der Waals surface area contributed by atoms with Crippen LogP contribution in [-0.4, -0.2) is 35.6 Å². The SMILES string of the molecule is OCC1(CO)CON1. The summed E-state index contributed by atoms with van der Waals surface area (Å²) in [6.45, 7) is 0.229. The van der Waals surface area contributed by atoms with Gasteiger partial charge in [0.25, 0.3) is 0 Å². The van der Waals surface area contributed by atoms with Gasteiger partial charge < -0.3 is 10.2 Å². The first-order valence-electron chi connectivity index (χ1n) is 2.44. The van der Waals surface area contributed by atoms with Gasteiger partial charge in [-0.1, -0.05) is 0 Å². The smallest absolute Gasteiger partial charge is 0.114 e. The summed E-state index contributed by atoms with van der Waals surface area (Å²) in [4.78, 5) is 4.55. The zero-order chi connectivity index (χ0) is 6.04. The first-order valence-corrected chi connectivity index (χ1v) is 2.44. The molecule has 0 spiro atoms. The maximum atomic E-state index is 8.53. The Balaban J connectivity index is 2.33. The molecule has 1 fully saturated rings. The second-order valence-electron chi connectivity index (χ2n) is 1.99. The van der Waals surface area contributed by atoms with Crippen molar-refractivity contribution in [1.82, 2.24) is 5.48 Å². The lowest BCUT2D eigenvalue weighted by atomic mass is 10.0. The van der Waals surface area contributed by atoms with Crippen molar-refractivity contribution in [2.24, 2.45) is 0 Å². The zero-order valence-electron chi connectivity index (χ0n) is 4.42. The molecule has 0 bridgehead atoms. The van der Waals surface area contributed by atoms with E-state index >= 15 is 0 Å². The molecule has 0 saturated carbocycles. The molecule has 1 rings (SSSR count). The molecule has 1 aliphatic rings. The molecule has 4 nitrogen and oxygen atoms in total. The Kier molecular flexibility index (Phi) is 1.48. The average molecular weight is 119 g/mol. The van der Waals surface area contributed by atoms with Crippen LogP contribution in [0, 0.1) is 0 Å². The number of hydrogen-bond acceptors (Lipinski definition) is 4. The van der Waals surface area contributed by atoms with Gasteiger partial charge in [0.15, 0.2) is 0 Å². The van der Waals surface area contributed by atoms with Gasteiger partial charge in [-0.05, 0) is 0 Å². The van der Waals surface area contributed by atoms with Crippen LogP contribution in [0.1, 0.15) is 0 Å². The molecule has 0 unspecified atom stereocenters. The van der Waals surface area contributed by atoms with E-state index in [0.717, 1.165) is 0 Å². The second kappa shape index (κ2) is 1.99. The van der Waals surface area contributed by atoms with Crippen LogP contribution in [0.3, 0.4) is 0 Å². The van der Waals surface area contributed by atoms with Gasteiger partial charge in [0.2, 0.25) is 0 Å². The van der Waals surface area contributed by atoms with Gasteiger partial charge in [-0.3, -0.25) is 4.84 Å². The third-order valence-corrected chi connectivity index (χ3v) is 1.24. The van der Waals surface area contributed by atoms with Gasteiger partial charge >= 0.3 is 0 Å². The van der Waals surface area contributed by atoms with Gasteiger partial charge in [-0.2, -0.15) is 5.48 Å². The van der Waals surface area contributed by atoms with Crippen molar-refractivity contribution in [2.75, 3.05) is 19.8 Å². The minimum absolute atomic E-state index is 0.0799. The average Bonchev–Trinajstić information content (AvgIpc) is 1.67. The van der Waals surface area contributed by atoms with Crippen LogP contribution in [0.5, 0.6) is 0 Å². The fraction of sp³-hybridized carbons (Fsp3) is 1.00. The lowest BCUT2D eigenvalue weighted by molar-refractivity contribution is -0.189. The van der Waals surface area contributed by atoms with E-state index in [2.05, 4.69) is 10.3 Å². The minimum Gasteiger partial charge on any atom is -0.394 e. The summed E-state index contributed by atoms with van der Waals surface area (Å²) in [6, 6.07) is 0. The van der Waals surface area contributed by atoms with Gasteiger partial charge in [0.05, 0.1) is 19.8 Å². The number of aliphatic hydroxyl groups is 2. The second-order valence-corrected chi connectivity index (χ2v) is 1.99. The van der Waals surface area contributed by atoms with Crippen LogP contribution >= 0.6 is 0 Å². The third-order valence-electron chi connectivity index (χ3n) is 1.24. The fourth-order valence-corrected chi connectivity index (χ4v) is 0.482.